The fraction of sp³-hybridized carbons (Fsp3) is 0.0308. The van der Waals surface area contributed by atoms with Gasteiger partial charge in [0.1, 0.15) is 11.2 Å². The van der Waals surface area contributed by atoms with Crippen LogP contribution in [0.4, 0.5) is 17.3 Å². The molecule has 0 atom stereocenters. The first-order chi connectivity index (χ1) is 69.1. The maximum atomic E-state index is 6.47. The number of benzene rings is 21. The maximum absolute atomic E-state index is 6.47. The zero-order chi connectivity index (χ0) is 92.4. The minimum atomic E-state index is -0.373. The molecule has 0 unspecified atom stereocenters. The lowest BCUT2D eigenvalue weighted by molar-refractivity contribution is 0.631. The minimum absolute atomic E-state index is 0.169. The van der Waals surface area contributed by atoms with Crippen LogP contribution in [0.1, 0.15) is 47.2 Å². The van der Waals surface area contributed by atoms with Gasteiger partial charge in [-0.1, -0.05) is 378 Å². The van der Waals surface area contributed by atoms with E-state index in [4.69, 9.17) is 34.3 Å². The van der Waals surface area contributed by atoms with Crippen LogP contribution in [0.2, 0.25) is 0 Å². The van der Waals surface area contributed by atoms with Gasteiger partial charge >= 0.3 is 0 Å². The molecule has 0 radical (unpaired) electrons. The van der Waals surface area contributed by atoms with E-state index in [1.54, 1.807) is 0 Å². The van der Waals surface area contributed by atoms with Crippen molar-refractivity contribution in [2.75, 3.05) is 4.90 Å². The molecule has 0 bridgehead atoms. The molecule has 7 heterocycles. The lowest BCUT2D eigenvalue weighted by Crippen LogP contribution is -2.31. The van der Waals surface area contributed by atoms with Gasteiger partial charge in [-0.05, 0) is 201 Å². The van der Waals surface area contributed by atoms with Gasteiger partial charge in [0.25, 0.3) is 0 Å². The second kappa shape index (κ2) is 32.1. The van der Waals surface area contributed by atoms with Crippen LogP contribution in [0.25, 0.3) is 228 Å². The summed E-state index contributed by atoms with van der Waals surface area (Å²) in [7, 11) is 0. The van der Waals surface area contributed by atoms with Gasteiger partial charge in [0.2, 0.25) is 5.95 Å². The SMILES string of the molecule is CC1(C)c2ccccc2N(c2nc(-c3ccccc3)c3ccc4oc5cc6ccccc6cc5c4c3n2)c2ccccc21.c1ccc(-c2ccc(-c3ccc(-c4nc(-c5ccccc5)c5ccc6sc7cc8ccccc8cc7c6c5n4)cc3)cc2)cc1.c1ccc(-c2nc(-c3ccc4c(c3)-c3ccccc3C43c4ccccc4-c4ccccc43)nc3c2ccc2sc4cc5ccccc5cc4c23)cc1. The van der Waals surface area contributed by atoms with Gasteiger partial charge < -0.3 is 4.42 Å². The Morgan fingerprint density at radius 1 is 0.221 bits per heavy atom. The average molecular weight is 1820 g/mol. The van der Waals surface area contributed by atoms with Crippen molar-refractivity contribution in [3.05, 3.63) is 488 Å². The van der Waals surface area contributed by atoms with Crippen molar-refractivity contribution in [2.45, 2.75) is 24.7 Å². The molecule has 27 aromatic rings. The minimum Gasteiger partial charge on any atom is -0.456 e. The normalized spacial score (nSPS) is 13.0. The van der Waals surface area contributed by atoms with Crippen LogP contribution in [-0.2, 0) is 10.8 Å². The number of nitrogens with zero attached hydrogens (tertiary/aromatic N) is 7. The standard InChI is InChI=1S/C49H28N2S.C42H26N2S.C39H27N3O/c1-2-12-29(13-3-1)46-36-23-25-43-45(38-26-30-14-4-5-15-31(30)28-44(38)52-43)47(36)51-48(50-46)32-22-24-42-37(27-32)35-18-8-11-21-41(35)49(42)39-19-9-6-16-33(39)34-17-7-10-20-40(34)49;1-3-9-27(10-4-1)28-15-17-29(18-16-28)30-19-21-32(22-20-30)42-43-40(31-11-5-2-6-12-31)35-23-24-37-39(41(35)44-42)36-25-33-13-7-8-14-34(33)26-38(36)45-37;1-39(2)29-16-8-10-18-31(29)42(32-19-11-9-17-30(32)39)38-40-36(24-12-4-3-5-13-24)27-20-21-33-35(37(27)41-38)28-22-25-14-6-7-15-26(25)23-34(28)43-33/h1-28H;1-26H;3-23H,1-2H3. The third-order valence-corrected chi connectivity index (χ3v) is 31.4. The Bertz CT molecular complexity index is 9710. The highest BCUT2D eigenvalue weighted by Gasteiger charge is 2.52. The number of anilines is 3. The van der Waals surface area contributed by atoms with Gasteiger partial charge in [-0.15, -0.1) is 22.7 Å². The predicted octanol–water partition coefficient (Wildman–Crippen LogP) is 35.1. The van der Waals surface area contributed by atoms with Gasteiger partial charge in [0.15, 0.2) is 11.6 Å². The zero-order valence-electron chi connectivity index (χ0n) is 76.2. The lowest BCUT2D eigenvalue weighted by atomic mass is 9.70. The summed E-state index contributed by atoms with van der Waals surface area (Å²) in [6, 6.07) is 163. The van der Waals surface area contributed by atoms with E-state index < -0.39 is 0 Å². The lowest BCUT2D eigenvalue weighted by Gasteiger charge is -2.41. The molecular formula is C130H81N7OS2. The molecule has 0 fully saturated rings. The van der Waals surface area contributed by atoms with E-state index in [1.165, 1.54) is 145 Å². The van der Waals surface area contributed by atoms with E-state index in [-0.39, 0.29) is 10.8 Å². The van der Waals surface area contributed by atoms with Crippen molar-refractivity contribution in [3.8, 4) is 101 Å². The van der Waals surface area contributed by atoms with Crippen molar-refractivity contribution in [1.82, 2.24) is 29.9 Å². The first-order valence-electron chi connectivity index (χ1n) is 47.7. The highest BCUT2D eigenvalue weighted by atomic mass is 32.1. The van der Waals surface area contributed by atoms with E-state index in [1.807, 2.05) is 28.7 Å². The van der Waals surface area contributed by atoms with Crippen LogP contribution >= 0.6 is 22.7 Å². The molecule has 1 aliphatic heterocycles. The second-order valence-electron chi connectivity index (χ2n) is 37.3. The molecule has 21 aromatic carbocycles. The molecule has 0 amide bonds. The van der Waals surface area contributed by atoms with E-state index in [0.29, 0.717) is 5.95 Å². The van der Waals surface area contributed by atoms with Gasteiger partial charge in [-0.25, -0.2) is 29.9 Å². The summed E-state index contributed by atoms with van der Waals surface area (Å²) in [5.41, 5.74) is 32.1. The number of hydrogen-bond acceptors (Lipinski definition) is 10. The van der Waals surface area contributed by atoms with Crippen molar-refractivity contribution >= 4 is 167 Å². The molecule has 0 saturated carbocycles. The number of furan rings is 1. The number of aromatic nitrogens is 6. The zero-order valence-corrected chi connectivity index (χ0v) is 77.8. The van der Waals surface area contributed by atoms with Crippen LogP contribution in [0.15, 0.2) is 459 Å². The number of para-hydroxylation sites is 2. The van der Waals surface area contributed by atoms with E-state index >= 15 is 0 Å². The smallest absolute Gasteiger partial charge is 0.235 e. The van der Waals surface area contributed by atoms with Crippen molar-refractivity contribution in [1.29, 1.82) is 0 Å². The van der Waals surface area contributed by atoms with E-state index in [0.717, 1.165) is 128 Å². The van der Waals surface area contributed by atoms with E-state index in [9.17, 15) is 0 Å². The number of hydrogen-bond donors (Lipinski definition) is 0. The van der Waals surface area contributed by atoms with Crippen molar-refractivity contribution in [3.63, 3.8) is 0 Å². The molecule has 8 nitrogen and oxygen atoms in total. The molecule has 3 aliphatic rings. The van der Waals surface area contributed by atoms with Crippen LogP contribution < -0.4 is 4.90 Å². The summed E-state index contributed by atoms with van der Waals surface area (Å²) < 4.78 is 11.5. The van der Waals surface area contributed by atoms with Crippen LogP contribution in [0.3, 0.4) is 0 Å². The molecule has 1 spiro atoms. The quantitative estimate of drug-likeness (QED) is 0.149. The van der Waals surface area contributed by atoms with Gasteiger partial charge in [-0.2, -0.15) is 0 Å². The number of thiophene rings is 2. The van der Waals surface area contributed by atoms with Crippen LogP contribution in [0.5, 0.6) is 0 Å². The molecule has 0 saturated heterocycles. The Balaban J connectivity index is 0.000000104. The third kappa shape index (κ3) is 12.8. The molecular weight excluding hydrogens is 1740 g/mol. The Morgan fingerprint density at radius 2 is 0.564 bits per heavy atom. The molecule has 30 rings (SSSR count). The molecule has 6 aromatic heterocycles. The van der Waals surface area contributed by atoms with Gasteiger partial charge in [0.05, 0.1) is 55.8 Å². The summed E-state index contributed by atoms with van der Waals surface area (Å²) in [4.78, 5) is 34.4. The highest BCUT2D eigenvalue weighted by molar-refractivity contribution is 7.26. The number of fused-ring (bicyclic) bond motifs is 30. The van der Waals surface area contributed by atoms with Crippen LogP contribution in [0, 0.1) is 0 Å². The molecule has 654 valence electrons. The van der Waals surface area contributed by atoms with Crippen LogP contribution in [-0.4, -0.2) is 29.9 Å². The third-order valence-electron chi connectivity index (χ3n) is 29.2. The first-order valence-corrected chi connectivity index (χ1v) is 49.3. The molecule has 0 N–H and O–H groups in total. The highest BCUT2D eigenvalue weighted by Crippen LogP contribution is 2.64. The summed E-state index contributed by atoms with van der Waals surface area (Å²) in [5.74, 6) is 2.12. The Morgan fingerprint density at radius 3 is 1.04 bits per heavy atom. The molecule has 2 aliphatic carbocycles. The fourth-order valence-corrected chi connectivity index (χ4v) is 24.9. The molecule has 10 heteroatoms. The second-order valence-corrected chi connectivity index (χ2v) is 39.5. The Kier molecular flexibility index (Phi) is 18.5. The topological polar surface area (TPSA) is 93.7 Å². The first kappa shape index (κ1) is 80.9. The fourth-order valence-electron chi connectivity index (χ4n) is 22.6. The Hall–Kier alpha value is -17.5. The maximum Gasteiger partial charge on any atom is 0.235 e. The summed E-state index contributed by atoms with van der Waals surface area (Å²) in [6.07, 6.45) is 0. The summed E-state index contributed by atoms with van der Waals surface area (Å²) in [5, 5.41) is 17.4. The predicted molar refractivity (Wildman–Crippen MR) is 585 cm³/mol. The largest absolute Gasteiger partial charge is 0.456 e. The van der Waals surface area contributed by atoms with Gasteiger partial charge in [-0.3, -0.25) is 4.90 Å². The Labute approximate surface area is 814 Å². The number of rotatable bonds is 8. The van der Waals surface area contributed by atoms with Crippen molar-refractivity contribution in [2.24, 2.45) is 0 Å². The summed E-state index contributed by atoms with van der Waals surface area (Å²) >= 11 is 3.68. The molecule has 140 heavy (non-hydrogen) atoms. The summed E-state index contributed by atoms with van der Waals surface area (Å²) in [6.45, 7) is 4.59. The average Bonchev–Trinajstić information content (AvgIpc) is 1.50. The van der Waals surface area contributed by atoms with E-state index in [2.05, 4.69) is 468 Å². The van der Waals surface area contributed by atoms with Crippen molar-refractivity contribution < 1.29 is 4.42 Å². The van der Waals surface area contributed by atoms with Gasteiger partial charge in [0, 0.05) is 95.1 Å². The monoisotopic (exact) mass is 1820 g/mol.